The highest BCUT2D eigenvalue weighted by atomic mass is 79.9. The number of nitrogens with one attached hydrogen (secondary N) is 4. The molecule has 0 aromatic heterocycles. The number of amides is 2. The summed E-state index contributed by atoms with van der Waals surface area (Å²) in [5, 5.41) is 13.3. The molecule has 236 valence electrons. The van der Waals surface area contributed by atoms with Crippen LogP contribution in [0, 0.1) is 0 Å². The van der Waals surface area contributed by atoms with Crippen LogP contribution < -0.4 is 21.3 Å². The molecule has 2 amide bonds. The quantitative estimate of drug-likeness (QED) is 0.175. The number of ether oxygens (including phenoxy) is 2. The number of benzene rings is 4. The first-order chi connectivity index (χ1) is 22.4. The van der Waals surface area contributed by atoms with Gasteiger partial charge in [-0.3, -0.25) is 9.59 Å². The summed E-state index contributed by atoms with van der Waals surface area (Å²) in [6.45, 7) is 1.90. The molecule has 4 fully saturated rings. The Balaban J connectivity index is 0.000000147. The molecule has 6 atom stereocenters. The van der Waals surface area contributed by atoms with Crippen LogP contribution in [0.1, 0.15) is 56.9 Å². The SMILES string of the molecule is O=C(Nc1ccc(Br)cc1)c1ccc([C@H]2O[C@@H]3CN[C@H]2C3)cc1.O=C(Nc1ccc(Cl)cc1)c1ccc([C@H]2O[C@@H]3CN[C@H]2C3)cc1. The molecule has 8 nitrogen and oxygen atoms in total. The number of anilines is 2. The van der Waals surface area contributed by atoms with Gasteiger partial charge < -0.3 is 30.7 Å². The van der Waals surface area contributed by atoms with Crippen LogP contribution in [-0.2, 0) is 9.47 Å². The summed E-state index contributed by atoms with van der Waals surface area (Å²) in [5.74, 6) is -0.239. The normalized spacial score (nSPS) is 25.5. The molecule has 0 aliphatic carbocycles. The molecule has 4 aliphatic heterocycles. The van der Waals surface area contributed by atoms with Crippen LogP contribution in [-0.4, -0.2) is 49.2 Å². The smallest absolute Gasteiger partial charge is 0.255 e. The van der Waals surface area contributed by atoms with Gasteiger partial charge in [0.2, 0.25) is 0 Å². The third-order valence-electron chi connectivity index (χ3n) is 8.87. The molecule has 4 heterocycles. The molecule has 0 radical (unpaired) electrons. The predicted molar refractivity (Wildman–Crippen MR) is 182 cm³/mol. The van der Waals surface area contributed by atoms with E-state index in [1.54, 1.807) is 24.3 Å². The number of rotatable bonds is 6. The molecule has 8 rings (SSSR count). The lowest BCUT2D eigenvalue weighted by Crippen LogP contribution is -2.34. The summed E-state index contributed by atoms with van der Waals surface area (Å²) in [6.07, 6.45) is 3.03. The molecule has 4 aliphatic rings. The van der Waals surface area contributed by atoms with Gasteiger partial charge in [-0.2, -0.15) is 0 Å². The molecule has 4 saturated heterocycles. The van der Waals surface area contributed by atoms with Crippen LogP contribution in [0.4, 0.5) is 11.4 Å². The minimum atomic E-state index is -0.133. The number of carbonyl (C=O) groups is 2. The van der Waals surface area contributed by atoms with E-state index in [2.05, 4.69) is 37.2 Å². The molecule has 4 N–H and O–H groups in total. The van der Waals surface area contributed by atoms with E-state index in [1.807, 2.05) is 72.8 Å². The van der Waals surface area contributed by atoms with Gasteiger partial charge in [-0.25, -0.2) is 0 Å². The van der Waals surface area contributed by atoms with Crippen molar-refractivity contribution in [2.75, 3.05) is 23.7 Å². The lowest BCUT2D eigenvalue weighted by Gasteiger charge is -2.23. The number of fused-ring (bicyclic) bond motifs is 4. The second-order valence-corrected chi connectivity index (χ2v) is 13.4. The van der Waals surface area contributed by atoms with Gasteiger partial charge >= 0.3 is 0 Å². The Morgan fingerprint density at radius 1 is 0.630 bits per heavy atom. The monoisotopic (exact) mass is 700 g/mol. The summed E-state index contributed by atoms with van der Waals surface area (Å²) in [7, 11) is 0. The highest BCUT2D eigenvalue weighted by molar-refractivity contribution is 9.10. The second-order valence-electron chi connectivity index (χ2n) is 12.0. The first-order valence-electron chi connectivity index (χ1n) is 15.5. The third kappa shape index (κ3) is 7.05. The number of morpholine rings is 2. The Morgan fingerprint density at radius 3 is 1.41 bits per heavy atom. The molecular weight excluding hydrogens is 668 g/mol. The van der Waals surface area contributed by atoms with Crippen LogP contribution in [0.25, 0.3) is 0 Å². The minimum absolute atomic E-state index is 0.0992. The van der Waals surface area contributed by atoms with Gasteiger partial charge in [-0.05, 0) is 96.8 Å². The zero-order chi connectivity index (χ0) is 31.6. The molecule has 4 aromatic carbocycles. The third-order valence-corrected chi connectivity index (χ3v) is 9.65. The molecule has 0 spiro atoms. The Labute approximate surface area is 281 Å². The van der Waals surface area contributed by atoms with Crippen LogP contribution in [0.5, 0.6) is 0 Å². The number of halogens is 2. The molecule has 0 saturated carbocycles. The van der Waals surface area contributed by atoms with E-state index < -0.39 is 0 Å². The average Bonchev–Trinajstić information content (AvgIpc) is 3.91. The van der Waals surface area contributed by atoms with Gasteiger partial charge in [0.1, 0.15) is 0 Å². The molecule has 46 heavy (non-hydrogen) atoms. The van der Waals surface area contributed by atoms with Gasteiger partial charge in [0.15, 0.2) is 0 Å². The molecule has 0 unspecified atom stereocenters. The summed E-state index contributed by atoms with van der Waals surface area (Å²) in [6, 6.07) is 30.7. The fraction of sp³-hybridized carbons (Fsp3) is 0.278. The first kappa shape index (κ1) is 31.1. The Morgan fingerprint density at radius 2 is 1.04 bits per heavy atom. The summed E-state index contributed by atoms with van der Waals surface area (Å²) >= 11 is 9.22. The lowest BCUT2D eigenvalue weighted by molar-refractivity contribution is 0.0159. The average molecular weight is 702 g/mol. The lowest BCUT2D eigenvalue weighted by atomic mass is 10.0. The number of carbonyl (C=O) groups excluding carboxylic acids is 2. The van der Waals surface area contributed by atoms with Gasteiger partial charge in [0, 0.05) is 57.2 Å². The van der Waals surface area contributed by atoms with E-state index in [1.165, 1.54) is 0 Å². The zero-order valence-electron chi connectivity index (χ0n) is 24.9. The van der Waals surface area contributed by atoms with Gasteiger partial charge in [-0.15, -0.1) is 0 Å². The van der Waals surface area contributed by atoms with Crippen molar-refractivity contribution in [3.05, 3.63) is 129 Å². The maximum Gasteiger partial charge on any atom is 0.255 e. The van der Waals surface area contributed by atoms with Crippen LogP contribution in [0.3, 0.4) is 0 Å². The molecule has 4 bridgehead atoms. The van der Waals surface area contributed by atoms with Gasteiger partial charge in [-0.1, -0.05) is 51.8 Å². The van der Waals surface area contributed by atoms with Crippen molar-refractivity contribution < 1.29 is 19.1 Å². The maximum atomic E-state index is 12.3. The van der Waals surface area contributed by atoms with Crippen LogP contribution in [0.15, 0.2) is 102 Å². The Kier molecular flexibility index (Phi) is 9.22. The molecule has 4 aromatic rings. The highest BCUT2D eigenvalue weighted by Crippen LogP contribution is 2.38. The molecular formula is C36H34BrClN4O4. The second kappa shape index (κ2) is 13.7. The van der Waals surface area contributed by atoms with Crippen molar-refractivity contribution in [2.24, 2.45) is 0 Å². The van der Waals surface area contributed by atoms with Crippen molar-refractivity contribution in [3.63, 3.8) is 0 Å². The van der Waals surface area contributed by atoms with E-state index in [9.17, 15) is 9.59 Å². The Hall–Kier alpha value is -3.57. The van der Waals surface area contributed by atoms with Gasteiger partial charge in [0.05, 0.1) is 24.4 Å². The van der Waals surface area contributed by atoms with Crippen LogP contribution in [0.2, 0.25) is 5.02 Å². The summed E-state index contributed by atoms with van der Waals surface area (Å²) in [5.41, 5.74) is 5.03. The topological polar surface area (TPSA) is 101 Å². The standard InChI is InChI=1S/C18H17BrN2O2.C18H17ClN2O2/c2*19-13-5-7-14(8-6-13)21-18(22)12-3-1-11(2-4-12)17-16-9-15(23-17)10-20-16/h2*1-8,15-17,20H,9-10H2,(H,21,22)/t2*15-,16-,17+/m00/s1. The predicted octanol–water partition coefficient (Wildman–Crippen LogP) is 6.90. The van der Waals surface area contributed by atoms with Crippen molar-refractivity contribution >= 4 is 50.7 Å². The van der Waals surface area contributed by atoms with Crippen molar-refractivity contribution in [1.29, 1.82) is 0 Å². The molecule has 10 heteroatoms. The highest BCUT2D eigenvalue weighted by Gasteiger charge is 2.42. The maximum absolute atomic E-state index is 12.3. The first-order valence-corrected chi connectivity index (χ1v) is 16.7. The fourth-order valence-electron chi connectivity index (χ4n) is 6.48. The van der Waals surface area contributed by atoms with Gasteiger partial charge in [0.25, 0.3) is 11.8 Å². The van der Waals surface area contributed by atoms with E-state index in [4.69, 9.17) is 21.1 Å². The Bertz CT molecular complexity index is 1560. The van der Waals surface area contributed by atoms with Crippen molar-refractivity contribution in [2.45, 2.75) is 49.3 Å². The van der Waals surface area contributed by atoms with Crippen molar-refractivity contribution in [1.82, 2.24) is 10.6 Å². The van der Waals surface area contributed by atoms with E-state index in [0.29, 0.717) is 40.4 Å². The zero-order valence-corrected chi connectivity index (χ0v) is 27.3. The fourth-order valence-corrected chi connectivity index (χ4v) is 6.87. The number of hydrogen-bond acceptors (Lipinski definition) is 6. The largest absolute Gasteiger partial charge is 0.367 e. The van der Waals surface area contributed by atoms with E-state index in [-0.39, 0.29) is 24.0 Å². The summed E-state index contributed by atoms with van der Waals surface area (Å²) < 4.78 is 12.9. The van der Waals surface area contributed by atoms with E-state index in [0.717, 1.165) is 52.9 Å². The summed E-state index contributed by atoms with van der Waals surface area (Å²) in [4.78, 5) is 24.6. The number of hydrogen-bond donors (Lipinski definition) is 4. The minimum Gasteiger partial charge on any atom is -0.367 e. The van der Waals surface area contributed by atoms with Crippen LogP contribution >= 0.6 is 27.5 Å². The van der Waals surface area contributed by atoms with Crippen molar-refractivity contribution in [3.8, 4) is 0 Å². The van der Waals surface area contributed by atoms with E-state index >= 15 is 0 Å².